The second kappa shape index (κ2) is 3.25. The predicted octanol–water partition coefficient (Wildman–Crippen LogP) is 2.90. The van der Waals surface area contributed by atoms with Crippen LogP contribution in [0.3, 0.4) is 0 Å². The molecule has 1 atom stereocenters. The number of nitrogens with one attached hydrogen (secondary N) is 1. The third-order valence-corrected chi connectivity index (χ3v) is 3.47. The van der Waals surface area contributed by atoms with E-state index in [-0.39, 0.29) is 5.60 Å². The molecule has 3 nitrogen and oxygen atoms in total. The molecule has 2 aromatic rings. The van der Waals surface area contributed by atoms with E-state index in [1.54, 1.807) is 6.07 Å². The van der Waals surface area contributed by atoms with Crippen LogP contribution in [0.25, 0.3) is 10.9 Å². The van der Waals surface area contributed by atoms with Gasteiger partial charge in [-0.2, -0.15) is 0 Å². The number of phenolic OH excluding ortho intramolecular Hbond substituents is 1. The first-order valence-corrected chi connectivity index (χ1v) is 5.64. The number of rotatable bonds is 1. The molecule has 1 fully saturated rings. The average molecular weight is 217 g/mol. The molecule has 1 aliphatic heterocycles. The summed E-state index contributed by atoms with van der Waals surface area (Å²) in [5, 5.41) is 10.8. The van der Waals surface area contributed by atoms with E-state index in [0.717, 1.165) is 35.9 Å². The van der Waals surface area contributed by atoms with E-state index >= 15 is 0 Å². The number of phenols is 1. The number of aromatic nitrogens is 1. The van der Waals surface area contributed by atoms with Gasteiger partial charge in [-0.3, -0.25) is 0 Å². The third kappa shape index (κ3) is 1.25. The van der Waals surface area contributed by atoms with Crippen molar-refractivity contribution in [2.75, 3.05) is 6.61 Å². The van der Waals surface area contributed by atoms with E-state index in [4.69, 9.17) is 4.74 Å². The molecule has 0 amide bonds. The number of benzene rings is 1. The largest absolute Gasteiger partial charge is 0.507 e. The molecule has 1 saturated heterocycles. The number of aromatic amines is 1. The first kappa shape index (κ1) is 9.73. The van der Waals surface area contributed by atoms with Crippen LogP contribution in [0.1, 0.15) is 25.3 Å². The fourth-order valence-electron chi connectivity index (χ4n) is 2.57. The number of aromatic hydroxyl groups is 1. The van der Waals surface area contributed by atoms with Gasteiger partial charge in [0.25, 0.3) is 0 Å². The molecule has 2 N–H and O–H groups in total. The van der Waals surface area contributed by atoms with Crippen molar-refractivity contribution in [1.82, 2.24) is 4.98 Å². The summed E-state index contributed by atoms with van der Waals surface area (Å²) in [6, 6.07) is 5.53. The van der Waals surface area contributed by atoms with Crippen molar-refractivity contribution in [2.24, 2.45) is 0 Å². The maximum atomic E-state index is 9.94. The smallest absolute Gasteiger partial charge is 0.125 e. The topological polar surface area (TPSA) is 45.2 Å². The van der Waals surface area contributed by atoms with Gasteiger partial charge in [0.2, 0.25) is 0 Å². The van der Waals surface area contributed by atoms with Gasteiger partial charge in [-0.25, -0.2) is 0 Å². The van der Waals surface area contributed by atoms with Crippen molar-refractivity contribution in [3.05, 3.63) is 30.0 Å². The normalized spacial score (nSPS) is 25.3. The molecule has 2 heterocycles. The minimum absolute atomic E-state index is 0.253. The van der Waals surface area contributed by atoms with Crippen molar-refractivity contribution in [1.29, 1.82) is 0 Å². The molecule has 0 radical (unpaired) electrons. The highest BCUT2D eigenvalue weighted by atomic mass is 16.5. The number of fused-ring (bicyclic) bond motifs is 1. The predicted molar refractivity (Wildman–Crippen MR) is 62.5 cm³/mol. The van der Waals surface area contributed by atoms with E-state index in [2.05, 4.69) is 11.9 Å². The van der Waals surface area contributed by atoms with Gasteiger partial charge in [0.1, 0.15) is 5.75 Å². The van der Waals surface area contributed by atoms with Crippen molar-refractivity contribution < 1.29 is 9.84 Å². The zero-order chi connectivity index (χ0) is 11.2. The lowest BCUT2D eigenvalue weighted by Gasteiger charge is -2.22. The molecule has 84 valence electrons. The van der Waals surface area contributed by atoms with Crippen molar-refractivity contribution in [3.8, 4) is 5.75 Å². The standard InChI is InChI=1S/C13H15NO2/c1-13(6-3-7-16-13)9-8-14-10-4-2-5-11(15)12(9)10/h2,4-5,8,14-15H,3,6-7H2,1H3. The number of H-pyrrole nitrogens is 1. The monoisotopic (exact) mass is 217 g/mol. The Morgan fingerprint density at radius 2 is 2.31 bits per heavy atom. The molecule has 1 aromatic heterocycles. The Labute approximate surface area is 94.0 Å². The Bertz CT molecular complexity index is 524. The first-order valence-electron chi connectivity index (χ1n) is 5.64. The van der Waals surface area contributed by atoms with Gasteiger partial charge < -0.3 is 14.8 Å². The summed E-state index contributed by atoms with van der Waals surface area (Å²) in [6.07, 6.45) is 4.04. The maximum absolute atomic E-state index is 9.94. The van der Waals surface area contributed by atoms with Crippen LogP contribution in [0, 0.1) is 0 Å². The molecule has 0 spiro atoms. The van der Waals surface area contributed by atoms with Gasteiger partial charge >= 0.3 is 0 Å². The SMILES string of the molecule is CC1(c2c[nH]c3cccc(O)c23)CCCO1. The summed E-state index contributed by atoms with van der Waals surface area (Å²) in [7, 11) is 0. The van der Waals surface area contributed by atoms with Crippen LogP contribution in [0.2, 0.25) is 0 Å². The lowest BCUT2D eigenvalue weighted by atomic mass is 9.92. The van der Waals surface area contributed by atoms with Crippen LogP contribution in [-0.2, 0) is 10.3 Å². The minimum atomic E-state index is -0.253. The molecule has 3 rings (SSSR count). The second-order valence-corrected chi connectivity index (χ2v) is 4.58. The van der Waals surface area contributed by atoms with Gasteiger partial charge in [0, 0.05) is 29.3 Å². The molecule has 1 aliphatic rings. The summed E-state index contributed by atoms with van der Waals surface area (Å²) in [4.78, 5) is 3.19. The van der Waals surface area contributed by atoms with Gasteiger partial charge in [0.15, 0.2) is 0 Å². The van der Waals surface area contributed by atoms with E-state index in [0.29, 0.717) is 5.75 Å². The fraction of sp³-hybridized carbons (Fsp3) is 0.385. The van der Waals surface area contributed by atoms with Crippen LogP contribution in [0.4, 0.5) is 0 Å². The second-order valence-electron chi connectivity index (χ2n) is 4.58. The van der Waals surface area contributed by atoms with Crippen molar-refractivity contribution >= 4 is 10.9 Å². The molecular weight excluding hydrogens is 202 g/mol. The highest BCUT2D eigenvalue weighted by Gasteiger charge is 2.34. The Morgan fingerprint density at radius 1 is 1.44 bits per heavy atom. The maximum Gasteiger partial charge on any atom is 0.125 e. The molecule has 1 aromatic carbocycles. The number of hydrogen-bond acceptors (Lipinski definition) is 2. The number of ether oxygens (including phenoxy) is 1. The summed E-state index contributed by atoms with van der Waals surface area (Å²) in [5.41, 5.74) is 1.78. The van der Waals surface area contributed by atoms with Gasteiger partial charge in [0.05, 0.1) is 5.60 Å². The summed E-state index contributed by atoms with van der Waals surface area (Å²) >= 11 is 0. The highest BCUT2D eigenvalue weighted by molar-refractivity contribution is 5.89. The molecular formula is C13H15NO2. The van der Waals surface area contributed by atoms with Gasteiger partial charge in [-0.1, -0.05) is 6.07 Å². The average Bonchev–Trinajstić information content (AvgIpc) is 2.85. The third-order valence-electron chi connectivity index (χ3n) is 3.47. The minimum Gasteiger partial charge on any atom is -0.507 e. The van der Waals surface area contributed by atoms with Crippen molar-refractivity contribution in [2.45, 2.75) is 25.4 Å². The molecule has 0 aliphatic carbocycles. The zero-order valence-electron chi connectivity index (χ0n) is 9.29. The molecule has 0 saturated carbocycles. The Kier molecular flexibility index (Phi) is 1.98. The first-order chi connectivity index (χ1) is 7.71. The Morgan fingerprint density at radius 3 is 3.06 bits per heavy atom. The van der Waals surface area contributed by atoms with Crippen LogP contribution in [0.15, 0.2) is 24.4 Å². The van der Waals surface area contributed by atoms with Gasteiger partial charge in [-0.05, 0) is 31.9 Å². The lowest BCUT2D eigenvalue weighted by Crippen LogP contribution is -2.19. The molecule has 0 bridgehead atoms. The van der Waals surface area contributed by atoms with Crippen LogP contribution >= 0.6 is 0 Å². The van der Waals surface area contributed by atoms with E-state index in [1.165, 1.54) is 0 Å². The summed E-state index contributed by atoms with van der Waals surface area (Å²) in [5.74, 6) is 0.325. The molecule has 3 heteroatoms. The fourth-order valence-corrected chi connectivity index (χ4v) is 2.57. The quantitative estimate of drug-likeness (QED) is 0.771. The van der Waals surface area contributed by atoms with E-state index in [9.17, 15) is 5.11 Å². The van der Waals surface area contributed by atoms with E-state index < -0.39 is 0 Å². The summed E-state index contributed by atoms with van der Waals surface area (Å²) in [6.45, 7) is 2.89. The van der Waals surface area contributed by atoms with Crippen LogP contribution in [0.5, 0.6) is 5.75 Å². The number of hydrogen-bond donors (Lipinski definition) is 2. The molecule has 1 unspecified atom stereocenters. The Hall–Kier alpha value is -1.48. The van der Waals surface area contributed by atoms with E-state index in [1.807, 2.05) is 18.3 Å². The highest BCUT2D eigenvalue weighted by Crippen LogP contribution is 2.41. The zero-order valence-corrected chi connectivity index (χ0v) is 9.29. The summed E-state index contributed by atoms with van der Waals surface area (Å²) < 4.78 is 5.82. The molecule has 16 heavy (non-hydrogen) atoms. The van der Waals surface area contributed by atoms with Crippen LogP contribution < -0.4 is 0 Å². The van der Waals surface area contributed by atoms with Gasteiger partial charge in [-0.15, -0.1) is 0 Å². The van der Waals surface area contributed by atoms with Crippen molar-refractivity contribution in [3.63, 3.8) is 0 Å². The van der Waals surface area contributed by atoms with Crippen LogP contribution in [-0.4, -0.2) is 16.7 Å². The lowest BCUT2D eigenvalue weighted by molar-refractivity contribution is 0.0180. The Balaban J connectivity index is 2.24.